The lowest BCUT2D eigenvalue weighted by molar-refractivity contribution is -0.131. The number of carbonyl (C=O) groups excluding carboxylic acids is 2. The van der Waals surface area contributed by atoms with Crippen molar-refractivity contribution in [2.45, 2.75) is 45.8 Å². The lowest BCUT2D eigenvalue weighted by atomic mass is 10.2. The third kappa shape index (κ3) is 7.35. The van der Waals surface area contributed by atoms with Crippen LogP contribution in [-0.2, 0) is 9.53 Å². The van der Waals surface area contributed by atoms with Crippen LogP contribution in [-0.4, -0.2) is 28.9 Å². The number of alkyl carbamates (subject to hydrolysis) is 1. The molecular weight excluding hydrogens is 224 g/mol. The van der Waals surface area contributed by atoms with Gasteiger partial charge in [-0.2, -0.15) is 0 Å². The topological polar surface area (TPSA) is 87.7 Å². The first kappa shape index (κ1) is 15.4. The minimum absolute atomic E-state index is 0.280. The van der Waals surface area contributed by atoms with Crippen molar-refractivity contribution in [2.75, 3.05) is 0 Å². The van der Waals surface area contributed by atoms with E-state index < -0.39 is 23.6 Å². The van der Waals surface area contributed by atoms with Gasteiger partial charge < -0.3 is 10.1 Å². The van der Waals surface area contributed by atoms with E-state index in [9.17, 15) is 9.59 Å². The Morgan fingerprint density at radius 1 is 1.41 bits per heavy atom. The summed E-state index contributed by atoms with van der Waals surface area (Å²) >= 11 is 0. The first-order valence-electron chi connectivity index (χ1n) is 5.34. The molecule has 0 radical (unpaired) electrons. The number of hydroxylamine groups is 1. The molecule has 6 heteroatoms. The summed E-state index contributed by atoms with van der Waals surface area (Å²) in [7, 11) is 0. The van der Waals surface area contributed by atoms with Crippen LogP contribution in [0.4, 0.5) is 4.79 Å². The lowest BCUT2D eigenvalue weighted by Crippen LogP contribution is -2.47. The average molecular weight is 244 g/mol. The van der Waals surface area contributed by atoms with Crippen molar-refractivity contribution >= 4 is 12.0 Å². The number of nitrogens with one attached hydrogen (secondary N) is 2. The van der Waals surface area contributed by atoms with Gasteiger partial charge >= 0.3 is 6.09 Å². The maximum Gasteiger partial charge on any atom is 0.408 e. The predicted octanol–water partition coefficient (Wildman–Crippen LogP) is 1.35. The molecule has 1 atom stereocenters. The van der Waals surface area contributed by atoms with E-state index in [2.05, 4.69) is 5.32 Å². The van der Waals surface area contributed by atoms with Crippen LogP contribution < -0.4 is 10.8 Å². The second-order valence-corrected chi connectivity index (χ2v) is 4.48. The van der Waals surface area contributed by atoms with Gasteiger partial charge in [-0.15, -0.1) is 0 Å². The van der Waals surface area contributed by atoms with E-state index in [1.54, 1.807) is 39.8 Å². The summed E-state index contributed by atoms with van der Waals surface area (Å²) in [4.78, 5) is 22.7. The maximum absolute atomic E-state index is 11.4. The zero-order chi connectivity index (χ0) is 13.5. The van der Waals surface area contributed by atoms with Crippen molar-refractivity contribution in [3.8, 4) is 0 Å². The first-order chi connectivity index (χ1) is 7.80. The van der Waals surface area contributed by atoms with E-state index in [1.807, 2.05) is 0 Å². The molecule has 2 amide bonds. The number of allylic oxidation sites excluding steroid dienone is 1. The molecule has 0 aromatic heterocycles. The Labute approximate surface area is 101 Å². The summed E-state index contributed by atoms with van der Waals surface area (Å²) in [5, 5.41) is 10.9. The number of carbonyl (C=O) groups is 2. The van der Waals surface area contributed by atoms with Crippen molar-refractivity contribution in [3.63, 3.8) is 0 Å². The molecule has 0 bridgehead atoms. The van der Waals surface area contributed by atoms with Gasteiger partial charge in [-0.25, -0.2) is 10.3 Å². The van der Waals surface area contributed by atoms with Gasteiger partial charge in [0.2, 0.25) is 0 Å². The van der Waals surface area contributed by atoms with Gasteiger partial charge in [0.05, 0.1) is 0 Å². The third-order valence-corrected chi connectivity index (χ3v) is 1.73. The van der Waals surface area contributed by atoms with Crippen LogP contribution in [0.3, 0.4) is 0 Å². The molecule has 0 aromatic rings. The van der Waals surface area contributed by atoms with E-state index >= 15 is 0 Å². The van der Waals surface area contributed by atoms with Crippen LogP contribution in [0.2, 0.25) is 0 Å². The molecular formula is C11H20N2O4. The molecule has 17 heavy (non-hydrogen) atoms. The predicted molar refractivity (Wildman–Crippen MR) is 62.5 cm³/mol. The smallest absolute Gasteiger partial charge is 0.408 e. The molecule has 0 aliphatic carbocycles. The molecule has 98 valence electrons. The van der Waals surface area contributed by atoms with E-state index in [1.165, 1.54) is 5.48 Å². The standard InChI is InChI=1S/C11H20N2O4/c1-5-6-7-8(9(14)13-16)12-10(15)17-11(2,3)4/h5-6,8,16H,7H2,1-4H3,(H,12,15)(H,13,14)/t8-/m0/s1. The highest BCUT2D eigenvalue weighted by atomic mass is 16.6. The van der Waals surface area contributed by atoms with Gasteiger partial charge in [0.25, 0.3) is 5.91 Å². The summed E-state index contributed by atoms with van der Waals surface area (Å²) in [5.74, 6) is -0.686. The SMILES string of the molecule is CC=CC[C@H](NC(=O)OC(C)(C)C)C(=O)NO. The van der Waals surface area contributed by atoms with Gasteiger partial charge in [-0.3, -0.25) is 10.0 Å². The van der Waals surface area contributed by atoms with Crippen LogP contribution in [0.15, 0.2) is 12.2 Å². The van der Waals surface area contributed by atoms with Gasteiger partial charge in [0, 0.05) is 0 Å². The molecule has 0 rings (SSSR count). The molecule has 0 heterocycles. The third-order valence-electron chi connectivity index (χ3n) is 1.73. The molecule has 0 aliphatic heterocycles. The Balaban J connectivity index is 4.42. The Morgan fingerprint density at radius 2 is 2.00 bits per heavy atom. The maximum atomic E-state index is 11.4. The van der Waals surface area contributed by atoms with E-state index in [4.69, 9.17) is 9.94 Å². The summed E-state index contributed by atoms with van der Waals surface area (Å²) in [6, 6.07) is -0.856. The molecule has 0 aliphatic rings. The van der Waals surface area contributed by atoms with Crippen molar-refractivity contribution in [1.82, 2.24) is 10.8 Å². The number of hydrogen-bond acceptors (Lipinski definition) is 4. The monoisotopic (exact) mass is 244 g/mol. The number of hydrogen-bond donors (Lipinski definition) is 3. The number of rotatable bonds is 4. The molecule has 0 fully saturated rings. The largest absolute Gasteiger partial charge is 0.444 e. The Morgan fingerprint density at radius 3 is 2.41 bits per heavy atom. The fraction of sp³-hybridized carbons (Fsp3) is 0.636. The van der Waals surface area contributed by atoms with Crippen LogP contribution in [0.1, 0.15) is 34.1 Å². The highest BCUT2D eigenvalue weighted by Gasteiger charge is 2.22. The summed E-state index contributed by atoms with van der Waals surface area (Å²) in [5.41, 5.74) is 0.865. The molecule has 0 unspecified atom stereocenters. The quantitative estimate of drug-likeness (QED) is 0.396. The first-order valence-corrected chi connectivity index (χ1v) is 5.34. The lowest BCUT2D eigenvalue weighted by Gasteiger charge is -2.22. The second kappa shape index (κ2) is 6.90. The van der Waals surface area contributed by atoms with E-state index in [0.717, 1.165) is 0 Å². The average Bonchev–Trinajstić information content (AvgIpc) is 2.20. The fourth-order valence-electron chi connectivity index (χ4n) is 1.03. The molecule has 3 N–H and O–H groups in total. The van der Waals surface area contributed by atoms with Gasteiger partial charge in [0.15, 0.2) is 0 Å². The van der Waals surface area contributed by atoms with Crippen LogP contribution in [0, 0.1) is 0 Å². The van der Waals surface area contributed by atoms with Gasteiger partial charge in [-0.05, 0) is 34.1 Å². The Kier molecular flexibility index (Phi) is 6.27. The Bertz CT molecular complexity index is 294. The van der Waals surface area contributed by atoms with Gasteiger partial charge in [-0.1, -0.05) is 12.2 Å². The highest BCUT2D eigenvalue weighted by molar-refractivity contribution is 5.84. The molecule has 0 aromatic carbocycles. The molecule has 0 spiro atoms. The summed E-state index contributed by atoms with van der Waals surface area (Å²) in [6.07, 6.45) is 3.03. The molecule has 0 saturated carbocycles. The van der Waals surface area contributed by atoms with Crippen molar-refractivity contribution in [1.29, 1.82) is 0 Å². The second-order valence-electron chi connectivity index (χ2n) is 4.48. The van der Waals surface area contributed by atoms with E-state index in [0.29, 0.717) is 0 Å². The van der Waals surface area contributed by atoms with Gasteiger partial charge in [0.1, 0.15) is 11.6 Å². The number of amides is 2. The Hall–Kier alpha value is -1.56. The zero-order valence-electron chi connectivity index (χ0n) is 10.6. The normalized spacial score (nSPS) is 13.2. The fourth-order valence-corrected chi connectivity index (χ4v) is 1.03. The summed E-state index contributed by atoms with van der Waals surface area (Å²) in [6.45, 7) is 6.96. The van der Waals surface area contributed by atoms with Crippen LogP contribution in [0.25, 0.3) is 0 Å². The van der Waals surface area contributed by atoms with Crippen LogP contribution in [0.5, 0.6) is 0 Å². The van der Waals surface area contributed by atoms with E-state index in [-0.39, 0.29) is 6.42 Å². The molecule has 6 nitrogen and oxygen atoms in total. The minimum atomic E-state index is -0.856. The van der Waals surface area contributed by atoms with Crippen LogP contribution >= 0.6 is 0 Å². The molecule has 0 saturated heterocycles. The highest BCUT2D eigenvalue weighted by Crippen LogP contribution is 2.07. The summed E-state index contributed by atoms with van der Waals surface area (Å²) < 4.78 is 5.01. The minimum Gasteiger partial charge on any atom is -0.444 e. The number of ether oxygens (including phenoxy) is 1. The van der Waals surface area contributed by atoms with Crippen molar-refractivity contribution in [3.05, 3.63) is 12.2 Å². The van der Waals surface area contributed by atoms with Crippen molar-refractivity contribution in [2.24, 2.45) is 0 Å². The van der Waals surface area contributed by atoms with Crippen molar-refractivity contribution < 1.29 is 19.5 Å². The zero-order valence-corrected chi connectivity index (χ0v) is 10.6.